The Morgan fingerprint density at radius 2 is 2.06 bits per heavy atom. The number of β-amino-alcohol motifs (C(OH)–C–C–N with tert-alkyl or cyclic N) is 1. The molecule has 1 aromatic heterocycles. The van der Waals surface area contributed by atoms with E-state index in [1.54, 1.807) is 24.0 Å². The first-order valence-corrected chi connectivity index (χ1v) is 11.4. The first-order chi connectivity index (χ1) is 16.3. The molecule has 3 aliphatic rings. The second kappa shape index (κ2) is 8.55. The van der Waals surface area contributed by atoms with Crippen molar-refractivity contribution in [1.82, 2.24) is 30.0 Å². The molecule has 2 aromatic rings. The van der Waals surface area contributed by atoms with Gasteiger partial charge in [0.2, 0.25) is 5.91 Å². The lowest BCUT2D eigenvalue weighted by molar-refractivity contribution is -0.139. The van der Waals surface area contributed by atoms with Gasteiger partial charge in [-0.25, -0.2) is 13.9 Å². The molecule has 10 nitrogen and oxygen atoms in total. The number of halogens is 1. The van der Waals surface area contributed by atoms with Crippen molar-refractivity contribution in [3.63, 3.8) is 0 Å². The lowest BCUT2D eigenvalue weighted by Crippen LogP contribution is -2.45. The third-order valence-corrected chi connectivity index (χ3v) is 7.37. The fraction of sp³-hybridized carbons (Fsp3) is 0.522. The van der Waals surface area contributed by atoms with Crippen molar-refractivity contribution in [3.05, 3.63) is 47.2 Å². The molecule has 34 heavy (non-hydrogen) atoms. The molecule has 3 aliphatic heterocycles. The van der Waals surface area contributed by atoms with Crippen LogP contribution in [0, 0.1) is 11.2 Å². The topological polar surface area (TPSA) is 114 Å². The Kier molecular flexibility index (Phi) is 5.68. The molecule has 1 N–H and O–H groups in total. The Morgan fingerprint density at radius 3 is 2.68 bits per heavy atom. The van der Waals surface area contributed by atoms with E-state index in [4.69, 9.17) is 4.74 Å². The molecular formula is C23H27FN6O4. The van der Waals surface area contributed by atoms with Crippen LogP contribution in [0.4, 0.5) is 4.39 Å². The van der Waals surface area contributed by atoms with Gasteiger partial charge in [0, 0.05) is 24.2 Å². The molecular weight excluding hydrogens is 443 g/mol. The monoisotopic (exact) mass is 470 g/mol. The van der Waals surface area contributed by atoms with Crippen LogP contribution in [-0.2, 0) is 14.3 Å². The minimum Gasteiger partial charge on any atom is -0.456 e. The predicted molar refractivity (Wildman–Crippen MR) is 117 cm³/mol. The Hall–Kier alpha value is -3.18. The molecule has 180 valence electrons. The summed E-state index contributed by atoms with van der Waals surface area (Å²) in [6.45, 7) is 5.38. The summed E-state index contributed by atoms with van der Waals surface area (Å²) < 4.78 is 21.1. The number of cyclic esters (lactones) is 1. The SMILES string of the molecule is CC1=C(N2C(=O)C3(CCN(C[C@H](O)c4ccc(-n5cnnn5)cc4F)CC3)CC2C)COC1=O. The van der Waals surface area contributed by atoms with Gasteiger partial charge in [-0.05, 0) is 62.7 Å². The third kappa shape index (κ3) is 3.78. The summed E-state index contributed by atoms with van der Waals surface area (Å²) in [5.41, 5.74) is 1.39. The molecule has 0 aliphatic carbocycles. The normalized spacial score (nSPS) is 23.8. The summed E-state index contributed by atoms with van der Waals surface area (Å²) in [7, 11) is 0. The standard InChI is InChI=1S/C23H27FN6O4/c1-14-10-23(22(33)30(14)19-12-34-21(32)15(19)2)5-7-28(8-6-23)11-20(31)17-4-3-16(9-18(17)24)29-13-25-26-27-29/h3-4,9,13-14,20,31H,5-8,10-12H2,1-2H3/t14?,20-/m0/s1. The summed E-state index contributed by atoms with van der Waals surface area (Å²) >= 11 is 0. The third-order valence-electron chi connectivity index (χ3n) is 7.37. The van der Waals surface area contributed by atoms with Gasteiger partial charge in [-0.15, -0.1) is 5.10 Å². The molecule has 1 unspecified atom stereocenters. The fourth-order valence-electron chi connectivity index (χ4n) is 5.44. The Labute approximate surface area is 196 Å². The van der Waals surface area contributed by atoms with E-state index in [1.807, 2.05) is 6.92 Å². The van der Waals surface area contributed by atoms with Crippen molar-refractivity contribution in [2.75, 3.05) is 26.2 Å². The van der Waals surface area contributed by atoms with E-state index in [-0.39, 0.29) is 36.6 Å². The summed E-state index contributed by atoms with van der Waals surface area (Å²) in [6, 6.07) is 4.49. The molecule has 1 spiro atoms. The highest BCUT2D eigenvalue weighted by Crippen LogP contribution is 2.46. The molecule has 0 saturated carbocycles. The van der Waals surface area contributed by atoms with E-state index >= 15 is 0 Å². The first-order valence-electron chi connectivity index (χ1n) is 11.4. The van der Waals surface area contributed by atoms with Crippen LogP contribution >= 0.6 is 0 Å². The smallest absolute Gasteiger partial charge is 0.336 e. The van der Waals surface area contributed by atoms with Gasteiger partial charge >= 0.3 is 5.97 Å². The molecule has 5 rings (SSSR count). The Balaban J connectivity index is 1.23. The van der Waals surface area contributed by atoms with Crippen LogP contribution in [0.3, 0.4) is 0 Å². The van der Waals surface area contributed by atoms with Crippen molar-refractivity contribution in [1.29, 1.82) is 0 Å². The van der Waals surface area contributed by atoms with Gasteiger partial charge in [-0.3, -0.25) is 4.79 Å². The zero-order chi connectivity index (χ0) is 24.0. The minimum absolute atomic E-state index is 0.00288. The highest BCUT2D eigenvalue weighted by Gasteiger charge is 2.53. The molecule has 4 heterocycles. The number of aromatic nitrogens is 4. The van der Waals surface area contributed by atoms with Crippen molar-refractivity contribution >= 4 is 11.9 Å². The largest absolute Gasteiger partial charge is 0.456 e. The maximum Gasteiger partial charge on any atom is 0.336 e. The van der Waals surface area contributed by atoms with Crippen LogP contribution < -0.4 is 0 Å². The van der Waals surface area contributed by atoms with Gasteiger partial charge in [-0.2, -0.15) is 0 Å². The number of amides is 1. The number of aliphatic hydroxyl groups is 1. The number of piperidine rings is 1. The molecule has 0 bridgehead atoms. The lowest BCUT2D eigenvalue weighted by atomic mass is 9.76. The van der Waals surface area contributed by atoms with Gasteiger partial charge in [0.15, 0.2) is 0 Å². The summed E-state index contributed by atoms with van der Waals surface area (Å²) in [5.74, 6) is -0.837. The van der Waals surface area contributed by atoms with Gasteiger partial charge in [0.05, 0.1) is 28.5 Å². The number of nitrogens with zero attached hydrogens (tertiary/aromatic N) is 6. The van der Waals surface area contributed by atoms with E-state index < -0.39 is 17.3 Å². The highest BCUT2D eigenvalue weighted by atomic mass is 19.1. The zero-order valence-corrected chi connectivity index (χ0v) is 19.1. The van der Waals surface area contributed by atoms with E-state index in [0.29, 0.717) is 42.9 Å². The average molecular weight is 471 g/mol. The van der Waals surface area contributed by atoms with Crippen LogP contribution in [0.15, 0.2) is 35.8 Å². The average Bonchev–Trinajstić information content (AvgIpc) is 3.51. The second-order valence-electron chi connectivity index (χ2n) is 9.43. The van der Waals surface area contributed by atoms with Gasteiger partial charge in [-0.1, -0.05) is 6.07 Å². The lowest BCUT2D eigenvalue weighted by Gasteiger charge is -2.38. The zero-order valence-electron chi connectivity index (χ0n) is 19.1. The number of aliphatic hydroxyl groups excluding tert-OH is 1. The Morgan fingerprint density at radius 1 is 1.29 bits per heavy atom. The van der Waals surface area contributed by atoms with Crippen LogP contribution in [0.25, 0.3) is 5.69 Å². The molecule has 2 saturated heterocycles. The van der Waals surface area contributed by atoms with Crippen molar-refractivity contribution in [3.8, 4) is 5.69 Å². The van der Waals surface area contributed by atoms with Crippen molar-refractivity contribution in [2.45, 2.75) is 45.3 Å². The highest BCUT2D eigenvalue weighted by molar-refractivity contribution is 5.94. The number of hydrogen-bond acceptors (Lipinski definition) is 8. The van der Waals surface area contributed by atoms with Crippen LogP contribution in [0.2, 0.25) is 0 Å². The predicted octanol–water partition coefficient (Wildman–Crippen LogP) is 1.37. The van der Waals surface area contributed by atoms with Crippen molar-refractivity contribution in [2.24, 2.45) is 5.41 Å². The molecule has 1 aromatic carbocycles. The molecule has 2 fully saturated rings. The first kappa shape index (κ1) is 22.6. The summed E-state index contributed by atoms with van der Waals surface area (Å²) in [6.07, 6.45) is 2.40. The fourth-order valence-corrected chi connectivity index (χ4v) is 5.44. The van der Waals surface area contributed by atoms with Crippen LogP contribution in [0.1, 0.15) is 44.8 Å². The maximum absolute atomic E-state index is 14.7. The number of hydrogen-bond donors (Lipinski definition) is 1. The van der Waals surface area contributed by atoms with Crippen LogP contribution in [0.5, 0.6) is 0 Å². The number of ether oxygens (including phenoxy) is 1. The Bertz CT molecular complexity index is 1140. The second-order valence-corrected chi connectivity index (χ2v) is 9.43. The number of benzene rings is 1. The van der Waals surface area contributed by atoms with E-state index in [0.717, 1.165) is 6.42 Å². The van der Waals surface area contributed by atoms with Gasteiger partial charge < -0.3 is 19.6 Å². The molecule has 2 atom stereocenters. The molecule has 0 radical (unpaired) electrons. The quantitative estimate of drug-likeness (QED) is 0.652. The number of carbonyl (C=O) groups is 2. The molecule has 1 amide bonds. The number of likely N-dealkylation sites (tertiary alicyclic amines) is 2. The minimum atomic E-state index is -0.999. The number of esters is 1. The summed E-state index contributed by atoms with van der Waals surface area (Å²) in [4.78, 5) is 29.1. The maximum atomic E-state index is 14.7. The van der Waals surface area contributed by atoms with Crippen molar-refractivity contribution < 1.29 is 23.8 Å². The summed E-state index contributed by atoms with van der Waals surface area (Å²) in [5, 5.41) is 21.5. The van der Waals surface area contributed by atoms with E-state index in [2.05, 4.69) is 20.4 Å². The number of carbonyl (C=O) groups excluding carboxylic acids is 2. The van der Waals surface area contributed by atoms with E-state index in [9.17, 15) is 19.1 Å². The van der Waals surface area contributed by atoms with Gasteiger partial charge in [0.1, 0.15) is 18.8 Å². The van der Waals surface area contributed by atoms with Crippen LogP contribution in [-0.4, -0.2) is 79.3 Å². The van der Waals surface area contributed by atoms with E-state index in [1.165, 1.54) is 17.1 Å². The number of rotatable bonds is 5. The molecule has 11 heteroatoms. The number of tetrazole rings is 1. The van der Waals surface area contributed by atoms with Gasteiger partial charge in [0.25, 0.3) is 0 Å².